The molecule has 0 aliphatic carbocycles. The number of amides is 1. The molecule has 2 unspecified atom stereocenters. The summed E-state index contributed by atoms with van der Waals surface area (Å²) in [4.78, 5) is 17.3. The van der Waals surface area contributed by atoms with E-state index in [1.165, 1.54) is 5.56 Å². The normalized spacial score (nSPS) is 25.0. The van der Waals surface area contributed by atoms with E-state index in [0.717, 1.165) is 50.5 Å². The van der Waals surface area contributed by atoms with E-state index in [-0.39, 0.29) is 5.92 Å². The molecule has 2 aliphatic heterocycles. The summed E-state index contributed by atoms with van der Waals surface area (Å²) in [6.45, 7) is 6.16. The lowest BCUT2D eigenvalue weighted by atomic mass is 9.94. The molecule has 1 aromatic carbocycles. The Bertz CT molecular complexity index is 487. The Hall–Kier alpha value is -1.00. The van der Waals surface area contributed by atoms with E-state index >= 15 is 0 Å². The zero-order valence-corrected chi connectivity index (χ0v) is 14.2. The van der Waals surface area contributed by atoms with Crippen LogP contribution in [0.5, 0.6) is 0 Å². The molecule has 4 heteroatoms. The Morgan fingerprint density at radius 2 is 1.91 bits per heavy atom. The van der Waals surface area contributed by atoms with Gasteiger partial charge in [-0.25, -0.2) is 0 Å². The van der Waals surface area contributed by atoms with E-state index in [0.29, 0.717) is 11.9 Å². The van der Waals surface area contributed by atoms with Gasteiger partial charge in [0.05, 0.1) is 5.92 Å². The molecule has 0 N–H and O–H groups in total. The number of nitrogens with zero attached hydrogens (tertiary/aromatic N) is 2. The van der Waals surface area contributed by atoms with E-state index in [1.807, 2.05) is 11.8 Å². The molecule has 1 aromatic rings. The fourth-order valence-corrected chi connectivity index (χ4v) is 4.45. The van der Waals surface area contributed by atoms with Crippen molar-refractivity contribution in [2.75, 3.05) is 37.7 Å². The van der Waals surface area contributed by atoms with E-state index in [4.69, 9.17) is 0 Å². The highest BCUT2D eigenvalue weighted by Gasteiger charge is 2.31. The van der Waals surface area contributed by atoms with Gasteiger partial charge in [0.25, 0.3) is 0 Å². The predicted molar refractivity (Wildman–Crippen MR) is 93.1 cm³/mol. The van der Waals surface area contributed by atoms with Crippen molar-refractivity contribution in [2.45, 2.75) is 25.8 Å². The second-order valence-corrected chi connectivity index (χ2v) is 7.58. The maximum Gasteiger partial charge on any atom is 0.227 e. The topological polar surface area (TPSA) is 23.6 Å². The lowest BCUT2D eigenvalue weighted by Crippen LogP contribution is -2.47. The van der Waals surface area contributed by atoms with Crippen molar-refractivity contribution in [3.05, 3.63) is 35.9 Å². The number of thioether (sulfide) groups is 1. The van der Waals surface area contributed by atoms with Gasteiger partial charge >= 0.3 is 0 Å². The molecule has 2 saturated heterocycles. The van der Waals surface area contributed by atoms with Crippen LogP contribution in [0.1, 0.15) is 31.4 Å². The standard InChI is InChI=1S/C18H26N2OS/c1-15(16-6-3-2-4-7-16)20-9-5-8-17(14-20)18(21)19-10-12-22-13-11-19/h2-4,6-7,15,17H,5,8-14H2,1H3. The van der Waals surface area contributed by atoms with Crippen molar-refractivity contribution in [3.8, 4) is 0 Å². The van der Waals surface area contributed by atoms with Gasteiger partial charge in [0.2, 0.25) is 5.91 Å². The van der Waals surface area contributed by atoms with E-state index in [1.54, 1.807) is 0 Å². The summed E-state index contributed by atoms with van der Waals surface area (Å²) in [6.07, 6.45) is 2.19. The first-order chi connectivity index (χ1) is 10.8. The van der Waals surface area contributed by atoms with Gasteiger partial charge in [0.1, 0.15) is 0 Å². The van der Waals surface area contributed by atoms with Crippen molar-refractivity contribution in [3.63, 3.8) is 0 Å². The van der Waals surface area contributed by atoms with Crippen molar-refractivity contribution in [1.29, 1.82) is 0 Å². The third-order valence-corrected chi connectivity index (χ3v) is 5.90. The smallest absolute Gasteiger partial charge is 0.227 e. The Morgan fingerprint density at radius 1 is 1.18 bits per heavy atom. The number of hydrogen-bond donors (Lipinski definition) is 0. The minimum atomic E-state index is 0.197. The van der Waals surface area contributed by atoms with Crippen molar-refractivity contribution < 1.29 is 4.79 Å². The quantitative estimate of drug-likeness (QED) is 0.856. The highest BCUT2D eigenvalue weighted by molar-refractivity contribution is 7.99. The minimum absolute atomic E-state index is 0.197. The Labute approximate surface area is 138 Å². The van der Waals surface area contributed by atoms with Crippen LogP contribution in [0.15, 0.2) is 30.3 Å². The number of hydrogen-bond acceptors (Lipinski definition) is 3. The zero-order valence-electron chi connectivity index (χ0n) is 13.4. The third-order valence-electron chi connectivity index (χ3n) is 4.95. The molecule has 3 rings (SSSR count). The number of piperidine rings is 1. The van der Waals surface area contributed by atoms with Gasteiger partial charge in [-0.3, -0.25) is 9.69 Å². The highest BCUT2D eigenvalue weighted by Crippen LogP contribution is 2.28. The van der Waals surface area contributed by atoms with Crippen molar-refractivity contribution in [2.24, 2.45) is 5.92 Å². The average Bonchev–Trinajstić information content (AvgIpc) is 2.62. The summed E-state index contributed by atoms with van der Waals surface area (Å²) in [7, 11) is 0. The Morgan fingerprint density at radius 3 is 2.64 bits per heavy atom. The van der Waals surface area contributed by atoms with Crippen LogP contribution >= 0.6 is 11.8 Å². The molecular weight excluding hydrogens is 292 g/mol. The van der Waals surface area contributed by atoms with Crippen LogP contribution in [0.2, 0.25) is 0 Å². The average molecular weight is 318 g/mol. The van der Waals surface area contributed by atoms with Crippen LogP contribution in [0.25, 0.3) is 0 Å². The summed E-state index contributed by atoms with van der Waals surface area (Å²) < 4.78 is 0. The molecule has 0 aromatic heterocycles. The van der Waals surface area contributed by atoms with Gasteiger partial charge in [0.15, 0.2) is 0 Å². The summed E-state index contributed by atoms with van der Waals surface area (Å²) in [5.74, 6) is 2.79. The number of likely N-dealkylation sites (tertiary alicyclic amines) is 1. The molecule has 3 nitrogen and oxygen atoms in total. The first-order valence-electron chi connectivity index (χ1n) is 8.41. The van der Waals surface area contributed by atoms with Crippen LogP contribution < -0.4 is 0 Å². The van der Waals surface area contributed by atoms with E-state index < -0.39 is 0 Å². The first-order valence-corrected chi connectivity index (χ1v) is 9.56. The molecule has 2 atom stereocenters. The highest BCUT2D eigenvalue weighted by atomic mass is 32.2. The number of carbonyl (C=O) groups excluding carboxylic acids is 1. The second kappa shape index (κ2) is 7.51. The second-order valence-electron chi connectivity index (χ2n) is 6.36. The Kier molecular flexibility index (Phi) is 5.42. The zero-order chi connectivity index (χ0) is 15.4. The molecule has 0 spiro atoms. The summed E-state index contributed by atoms with van der Waals surface area (Å²) in [5, 5.41) is 0. The molecule has 2 heterocycles. The molecular formula is C18H26N2OS. The molecule has 2 fully saturated rings. The molecule has 120 valence electrons. The predicted octanol–water partition coefficient (Wildman–Crippen LogP) is 3.04. The van der Waals surface area contributed by atoms with Crippen LogP contribution in [0, 0.1) is 5.92 Å². The first kappa shape index (κ1) is 15.9. The van der Waals surface area contributed by atoms with Crippen LogP contribution in [-0.2, 0) is 4.79 Å². The molecule has 0 bridgehead atoms. The third kappa shape index (κ3) is 3.66. The van der Waals surface area contributed by atoms with Gasteiger partial charge in [-0.1, -0.05) is 30.3 Å². The lowest BCUT2D eigenvalue weighted by Gasteiger charge is -2.39. The monoisotopic (exact) mass is 318 g/mol. The maximum absolute atomic E-state index is 12.7. The maximum atomic E-state index is 12.7. The van der Waals surface area contributed by atoms with Crippen molar-refractivity contribution >= 4 is 17.7 Å². The van der Waals surface area contributed by atoms with Crippen LogP contribution in [0.3, 0.4) is 0 Å². The number of carbonyl (C=O) groups is 1. The number of rotatable bonds is 3. The van der Waals surface area contributed by atoms with Crippen LogP contribution in [-0.4, -0.2) is 53.4 Å². The van der Waals surface area contributed by atoms with Gasteiger partial charge in [-0.15, -0.1) is 0 Å². The van der Waals surface area contributed by atoms with Gasteiger partial charge in [-0.05, 0) is 31.9 Å². The van der Waals surface area contributed by atoms with Crippen LogP contribution in [0.4, 0.5) is 0 Å². The Balaban J connectivity index is 1.62. The van der Waals surface area contributed by atoms with Gasteiger partial charge < -0.3 is 4.90 Å². The minimum Gasteiger partial charge on any atom is -0.341 e. The fourth-order valence-electron chi connectivity index (χ4n) is 3.54. The molecule has 0 radical (unpaired) electrons. The van der Waals surface area contributed by atoms with Gasteiger partial charge in [-0.2, -0.15) is 11.8 Å². The van der Waals surface area contributed by atoms with Gasteiger partial charge in [0, 0.05) is 37.2 Å². The molecule has 22 heavy (non-hydrogen) atoms. The summed E-state index contributed by atoms with van der Waals surface area (Å²) in [6, 6.07) is 11.0. The lowest BCUT2D eigenvalue weighted by molar-refractivity contribution is -0.137. The summed E-state index contributed by atoms with van der Waals surface area (Å²) >= 11 is 1.96. The van der Waals surface area contributed by atoms with E-state index in [2.05, 4.69) is 47.1 Å². The van der Waals surface area contributed by atoms with E-state index in [9.17, 15) is 4.79 Å². The molecule has 2 aliphatic rings. The fraction of sp³-hybridized carbons (Fsp3) is 0.611. The SMILES string of the molecule is CC(c1ccccc1)N1CCCC(C(=O)N2CCSCC2)C1. The largest absolute Gasteiger partial charge is 0.341 e. The molecule has 1 amide bonds. The summed E-state index contributed by atoms with van der Waals surface area (Å²) in [5.41, 5.74) is 1.35. The molecule has 0 saturated carbocycles. The van der Waals surface area contributed by atoms with Crippen molar-refractivity contribution in [1.82, 2.24) is 9.80 Å². The number of benzene rings is 1.